The minimum absolute atomic E-state index is 0.00715. The van der Waals surface area contributed by atoms with Crippen LogP contribution in [0.2, 0.25) is 15.1 Å². The maximum Gasteiger partial charge on any atom is 0.248 e. The van der Waals surface area contributed by atoms with Crippen LogP contribution in [0.5, 0.6) is 0 Å². The molecule has 0 heterocycles. The molecular formula is C59H82Cl3F5N6O3. The molecule has 3 amide bonds. The second-order valence-corrected chi connectivity index (χ2v) is 24.9. The number of halogens is 8. The van der Waals surface area contributed by atoms with E-state index >= 15 is 0 Å². The van der Waals surface area contributed by atoms with Crippen molar-refractivity contribution in [3.05, 3.63) is 104 Å². The second-order valence-electron chi connectivity index (χ2n) is 23.6. The predicted octanol–water partition coefficient (Wildman–Crippen LogP) is 12.8. The second kappa shape index (κ2) is 30.2. The molecule has 5 aliphatic rings. The highest BCUT2D eigenvalue weighted by Gasteiger charge is 2.35. The smallest absolute Gasteiger partial charge is 0.248 e. The van der Waals surface area contributed by atoms with Gasteiger partial charge in [0.2, 0.25) is 23.6 Å². The van der Waals surface area contributed by atoms with Crippen LogP contribution in [0.15, 0.2) is 54.6 Å². The molecule has 9 nitrogen and oxygen atoms in total. The third kappa shape index (κ3) is 23.4. The highest BCUT2D eigenvalue weighted by atomic mass is 35.5. The number of amides is 3. The van der Waals surface area contributed by atoms with Gasteiger partial charge >= 0.3 is 0 Å². The molecule has 5 fully saturated rings. The van der Waals surface area contributed by atoms with Crippen molar-refractivity contribution in [3.63, 3.8) is 0 Å². The fourth-order valence-electron chi connectivity index (χ4n) is 11.5. The van der Waals surface area contributed by atoms with Crippen molar-refractivity contribution in [1.82, 2.24) is 31.9 Å². The predicted molar refractivity (Wildman–Crippen MR) is 296 cm³/mol. The number of rotatable bonds is 19. The van der Waals surface area contributed by atoms with Gasteiger partial charge in [-0.25, -0.2) is 22.0 Å². The minimum Gasteiger partial charge on any atom is -0.353 e. The van der Waals surface area contributed by atoms with Gasteiger partial charge in [-0.1, -0.05) is 81.3 Å². The molecule has 5 saturated carbocycles. The first kappa shape index (κ1) is 61.7. The molecule has 0 bridgehead atoms. The Bertz CT molecular complexity index is 2270. The third-order valence-corrected chi connectivity index (χ3v) is 16.2. The van der Waals surface area contributed by atoms with Crippen molar-refractivity contribution in [2.45, 2.75) is 204 Å². The Morgan fingerprint density at radius 1 is 0.500 bits per heavy atom. The SMILES string of the molecule is CC(C)(C)CCN[C@H]1CC[C@H](NC(=O)Cc2cc(F)cc(Cl)c2)C1.O=C(Cc1cc(F)cc(Cl)c1)N[C@H]1CC[C@H](NCC2CCC(F)(F)CC2)C1.O=C(Cc1cc(F)cc(Cl)c1)N[C@H]1CC[C@H](NCCC2CCCC2)C1. The number of benzene rings is 3. The third-order valence-electron chi connectivity index (χ3n) is 15.6. The number of carbonyl (C=O) groups excluding carboxylic acids is 3. The number of hydrogen-bond acceptors (Lipinski definition) is 6. The van der Waals surface area contributed by atoms with Crippen LogP contribution in [0.1, 0.15) is 159 Å². The maximum atomic E-state index is 13.3. The summed E-state index contributed by atoms with van der Waals surface area (Å²) in [5.41, 5.74) is 2.12. The lowest BCUT2D eigenvalue weighted by molar-refractivity contribution is -0.122. The van der Waals surface area contributed by atoms with Crippen molar-refractivity contribution in [2.75, 3.05) is 19.6 Å². The summed E-state index contributed by atoms with van der Waals surface area (Å²) in [7, 11) is 0. The summed E-state index contributed by atoms with van der Waals surface area (Å²) in [6.07, 6.45) is 18.4. The molecule has 5 aliphatic carbocycles. The topological polar surface area (TPSA) is 123 Å². The highest BCUT2D eigenvalue weighted by molar-refractivity contribution is 6.31. The van der Waals surface area contributed by atoms with E-state index in [4.69, 9.17) is 34.8 Å². The monoisotopic (exact) mass is 1120 g/mol. The molecule has 0 radical (unpaired) electrons. The molecule has 0 aromatic heterocycles. The fourth-order valence-corrected chi connectivity index (χ4v) is 12.2. The normalized spacial score (nSPS) is 23.6. The molecule has 8 rings (SSSR count). The molecule has 17 heteroatoms. The molecule has 6 N–H and O–H groups in total. The molecule has 422 valence electrons. The van der Waals surface area contributed by atoms with Crippen molar-refractivity contribution < 1.29 is 36.3 Å². The van der Waals surface area contributed by atoms with Gasteiger partial charge in [-0.3, -0.25) is 14.4 Å². The quantitative estimate of drug-likeness (QED) is 0.0665. The molecule has 76 heavy (non-hydrogen) atoms. The van der Waals surface area contributed by atoms with Crippen LogP contribution in [0, 0.1) is 34.7 Å². The van der Waals surface area contributed by atoms with Gasteiger partial charge in [0.15, 0.2) is 0 Å². The Kier molecular flexibility index (Phi) is 24.5. The summed E-state index contributed by atoms with van der Waals surface area (Å²) < 4.78 is 66.4. The Labute approximate surface area is 463 Å². The lowest BCUT2D eigenvalue weighted by Gasteiger charge is -2.29. The van der Waals surface area contributed by atoms with Crippen LogP contribution in [-0.4, -0.2) is 79.5 Å². The van der Waals surface area contributed by atoms with Crippen LogP contribution < -0.4 is 31.9 Å². The molecule has 0 aliphatic heterocycles. The van der Waals surface area contributed by atoms with Gasteiger partial charge in [0.25, 0.3) is 0 Å². The van der Waals surface area contributed by atoms with E-state index in [1.165, 1.54) is 68.5 Å². The highest BCUT2D eigenvalue weighted by Crippen LogP contribution is 2.36. The Hall–Kier alpha value is -3.53. The maximum absolute atomic E-state index is 13.3. The van der Waals surface area contributed by atoms with Crippen LogP contribution >= 0.6 is 34.8 Å². The van der Waals surface area contributed by atoms with E-state index in [0.29, 0.717) is 69.0 Å². The van der Waals surface area contributed by atoms with Crippen LogP contribution in [0.25, 0.3) is 0 Å². The molecule has 0 spiro atoms. The van der Waals surface area contributed by atoms with Crippen molar-refractivity contribution in [1.29, 1.82) is 0 Å². The fraction of sp³-hybridized carbons (Fsp3) is 0.644. The number of hydrogen-bond donors (Lipinski definition) is 6. The average Bonchev–Trinajstić information content (AvgIpc) is 4.16. The summed E-state index contributed by atoms with van der Waals surface area (Å²) in [5, 5.41) is 20.8. The number of alkyl halides is 2. The van der Waals surface area contributed by atoms with E-state index in [-0.39, 0.29) is 73.0 Å². The lowest BCUT2D eigenvalue weighted by atomic mass is 9.86. The Morgan fingerprint density at radius 2 is 0.868 bits per heavy atom. The van der Waals surface area contributed by atoms with Gasteiger partial charge in [0.1, 0.15) is 17.5 Å². The van der Waals surface area contributed by atoms with Gasteiger partial charge in [-0.15, -0.1) is 0 Å². The average molecular weight is 1120 g/mol. The first-order valence-electron chi connectivity index (χ1n) is 27.9. The Balaban J connectivity index is 0.000000185. The zero-order valence-corrected chi connectivity index (χ0v) is 47.0. The molecule has 6 atom stereocenters. The van der Waals surface area contributed by atoms with E-state index in [9.17, 15) is 36.3 Å². The first-order chi connectivity index (χ1) is 36.1. The standard InChI is InChI=1S/C20H26ClF3N2O.C20H28ClFN2O.C19H28ClFN2O/c21-15-7-14(8-16(22)10-15)9-19(27)26-18-2-1-17(11-18)25-12-13-3-5-20(23,24)6-4-13;21-16-9-15(10-17(22)12-16)11-20(25)24-19-6-5-18(13-19)23-8-7-14-3-1-2-4-14;1-19(2,3)6-7-22-16-4-5-17(12-16)23-18(24)10-13-8-14(20)11-15(21)9-13/h7-8,10,13,17-18,25H,1-6,9,11-12H2,(H,26,27);9-10,12,14,18-19,23H,1-8,11,13H2,(H,24,25);8-9,11,16-17,22H,4-7,10,12H2,1-3H3,(H,23,24)/t17-,18-;18-,19-;16-,17-/m000/s1. The van der Waals surface area contributed by atoms with E-state index < -0.39 is 23.4 Å². The van der Waals surface area contributed by atoms with E-state index in [0.717, 1.165) is 89.8 Å². The molecule has 0 unspecified atom stereocenters. The van der Waals surface area contributed by atoms with Crippen molar-refractivity contribution in [2.24, 2.45) is 17.3 Å². The number of nitrogens with one attached hydrogen (secondary N) is 6. The zero-order chi connectivity index (χ0) is 54.8. The van der Waals surface area contributed by atoms with Gasteiger partial charge in [-0.05, 0) is 192 Å². The van der Waals surface area contributed by atoms with Gasteiger partial charge in [0.05, 0.1) is 19.3 Å². The molecule has 3 aromatic carbocycles. The minimum atomic E-state index is -2.48. The first-order valence-corrected chi connectivity index (χ1v) is 29.0. The van der Waals surface area contributed by atoms with Crippen LogP contribution in [0.3, 0.4) is 0 Å². The van der Waals surface area contributed by atoms with Crippen molar-refractivity contribution >= 4 is 52.5 Å². The van der Waals surface area contributed by atoms with Gasteiger partial charge < -0.3 is 31.9 Å². The van der Waals surface area contributed by atoms with Crippen molar-refractivity contribution in [3.8, 4) is 0 Å². The number of carbonyl (C=O) groups is 3. The molecule has 0 saturated heterocycles. The lowest BCUT2D eigenvalue weighted by Crippen LogP contribution is -2.38. The van der Waals surface area contributed by atoms with E-state index in [1.807, 2.05) is 0 Å². The summed E-state index contributed by atoms with van der Waals surface area (Å²) in [4.78, 5) is 36.5. The van der Waals surface area contributed by atoms with E-state index in [1.54, 1.807) is 18.2 Å². The zero-order valence-electron chi connectivity index (χ0n) is 44.7. The van der Waals surface area contributed by atoms with E-state index in [2.05, 4.69) is 52.7 Å². The summed E-state index contributed by atoms with van der Waals surface area (Å²) in [6.45, 7) is 9.60. The van der Waals surface area contributed by atoms with Gasteiger partial charge in [-0.2, -0.15) is 0 Å². The summed E-state index contributed by atoms with van der Waals surface area (Å²) in [6, 6.07) is 14.4. The summed E-state index contributed by atoms with van der Waals surface area (Å²) >= 11 is 17.5. The Morgan fingerprint density at radius 3 is 1.25 bits per heavy atom. The molecular weight excluding hydrogens is 1040 g/mol. The van der Waals surface area contributed by atoms with Crippen LogP contribution in [-0.2, 0) is 33.6 Å². The summed E-state index contributed by atoms with van der Waals surface area (Å²) in [5.74, 6) is -2.77. The van der Waals surface area contributed by atoms with Gasteiger partial charge in [0, 0.05) is 64.2 Å². The largest absolute Gasteiger partial charge is 0.353 e. The molecule has 3 aromatic rings. The van der Waals surface area contributed by atoms with Crippen LogP contribution in [0.4, 0.5) is 22.0 Å².